The summed E-state index contributed by atoms with van der Waals surface area (Å²) >= 11 is 0. The van der Waals surface area contributed by atoms with Gasteiger partial charge in [-0.2, -0.15) is 0 Å². The van der Waals surface area contributed by atoms with Gasteiger partial charge in [-0.15, -0.1) is 0 Å². The molecule has 0 amide bonds. The SMILES string of the molecule is CN1Cc2c3n(c4ccccc24)CC(=O)C(Cc2ccncc2)C3C1. The fourth-order valence-corrected chi connectivity index (χ4v) is 4.76. The highest BCUT2D eigenvalue weighted by molar-refractivity contribution is 5.91. The van der Waals surface area contributed by atoms with Gasteiger partial charge in [0.1, 0.15) is 0 Å². The number of benzene rings is 1. The topological polar surface area (TPSA) is 38.1 Å². The van der Waals surface area contributed by atoms with Crippen LogP contribution in [0, 0.1) is 5.92 Å². The predicted molar refractivity (Wildman–Crippen MR) is 97.5 cm³/mol. The maximum Gasteiger partial charge on any atom is 0.156 e. The number of carbonyl (C=O) groups is 1. The summed E-state index contributed by atoms with van der Waals surface area (Å²) in [6.07, 6.45) is 4.44. The van der Waals surface area contributed by atoms with Crippen molar-refractivity contribution in [3.63, 3.8) is 0 Å². The van der Waals surface area contributed by atoms with Crippen LogP contribution in [0.15, 0.2) is 48.8 Å². The summed E-state index contributed by atoms with van der Waals surface area (Å²) in [7, 11) is 2.16. The molecule has 5 rings (SSSR count). The molecule has 2 aliphatic heterocycles. The Hall–Kier alpha value is -2.46. The van der Waals surface area contributed by atoms with E-state index in [0.717, 1.165) is 19.5 Å². The minimum Gasteiger partial charge on any atom is -0.336 e. The van der Waals surface area contributed by atoms with Crippen molar-refractivity contribution < 1.29 is 4.79 Å². The average Bonchev–Trinajstić information content (AvgIpc) is 2.94. The number of fused-ring (bicyclic) bond motifs is 3. The van der Waals surface area contributed by atoms with Gasteiger partial charge in [0.05, 0.1) is 6.54 Å². The van der Waals surface area contributed by atoms with E-state index in [1.54, 1.807) is 0 Å². The Balaban J connectivity index is 1.66. The molecule has 3 aromatic rings. The third-order valence-electron chi connectivity index (χ3n) is 5.83. The van der Waals surface area contributed by atoms with Crippen LogP contribution in [-0.4, -0.2) is 33.8 Å². The lowest BCUT2D eigenvalue weighted by molar-refractivity contribution is -0.125. The number of nitrogens with zero attached hydrogens (tertiary/aromatic N) is 3. The van der Waals surface area contributed by atoms with Crippen LogP contribution in [0.1, 0.15) is 22.7 Å². The molecule has 4 nitrogen and oxygen atoms in total. The van der Waals surface area contributed by atoms with Crippen LogP contribution < -0.4 is 0 Å². The number of likely N-dealkylation sites (N-methyl/N-ethyl adjacent to an activating group) is 1. The van der Waals surface area contributed by atoms with Crippen molar-refractivity contribution in [3.8, 4) is 0 Å². The van der Waals surface area contributed by atoms with Gasteiger partial charge in [-0.05, 0) is 42.8 Å². The number of Topliss-reactive ketones (excluding diaryl/α,β-unsaturated/α-hetero) is 1. The van der Waals surface area contributed by atoms with Gasteiger partial charge in [0.15, 0.2) is 5.78 Å². The smallest absolute Gasteiger partial charge is 0.156 e. The van der Waals surface area contributed by atoms with Crippen LogP contribution in [-0.2, 0) is 24.3 Å². The highest BCUT2D eigenvalue weighted by Gasteiger charge is 2.41. The lowest BCUT2D eigenvalue weighted by Crippen LogP contribution is -2.43. The van der Waals surface area contributed by atoms with E-state index in [9.17, 15) is 4.79 Å². The van der Waals surface area contributed by atoms with E-state index >= 15 is 0 Å². The molecule has 2 atom stereocenters. The van der Waals surface area contributed by atoms with Crippen molar-refractivity contribution in [1.82, 2.24) is 14.5 Å². The first kappa shape index (κ1) is 14.8. The molecule has 0 N–H and O–H groups in total. The van der Waals surface area contributed by atoms with Gasteiger partial charge < -0.3 is 9.47 Å². The summed E-state index contributed by atoms with van der Waals surface area (Å²) in [5.74, 6) is 0.688. The first-order valence-electron chi connectivity index (χ1n) is 8.92. The molecule has 2 unspecified atom stereocenters. The fourth-order valence-electron chi connectivity index (χ4n) is 4.76. The molecule has 1 aromatic carbocycles. The lowest BCUT2D eigenvalue weighted by Gasteiger charge is -2.39. The molecule has 0 bridgehead atoms. The minimum absolute atomic E-state index is 0.0562. The number of para-hydroxylation sites is 1. The molecule has 2 aromatic heterocycles. The maximum atomic E-state index is 13.1. The number of carbonyl (C=O) groups excluding carboxylic acids is 1. The maximum absolute atomic E-state index is 13.1. The Morgan fingerprint density at radius 2 is 1.92 bits per heavy atom. The molecule has 0 aliphatic carbocycles. The first-order chi connectivity index (χ1) is 12.2. The molecule has 0 saturated heterocycles. The molecule has 0 radical (unpaired) electrons. The number of pyridine rings is 1. The molecular weight excluding hydrogens is 310 g/mol. The van der Waals surface area contributed by atoms with Gasteiger partial charge in [0, 0.05) is 53.9 Å². The monoisotopic (exact) mass is 331 g/mol. The minimum atomic E-state index is 0.0562. The number of aromatic nitrogens is 2. The van der Waals surface area contributed by atoms with Crippen LogP contribution in [0.4, 0.5) is 0 Å². The summed E-state index contributed by atoms with van der Waals surface area (Å²) in [5, 5.41) is 1.31. The zero-order valence-electron chi connectivity index (χ0n) is 14.4. The predicted octanol–water partition coefficient (Wildman–Crippen LogP) is 3.01. The Labute approximate surface area is 147 Å². The van der Waals surface area contributed by atoms with E-state index in [1.165, 1.54) is 27.7 Å². The second-order valence-corrected chi connectivity index (χ2v) is 7.40. The number of hydrogen-bond acceptors (Lipinski definition) is 3. The van der Waals surface area contributed by atoms with E-state index in [-0.39, 0.29) is 11.8 Å². The molecule has 0 spiro atoms. The van der Waals surface area contributed by atoms with Gasteiger partial charge in [0.25, 0.3) is 0 Å². The van der Waals surface area contributed by atoms with Gasteiger partial charge in [-0.25, -0.2) is 0 Å². The van der Waals surface area contributed by atoms with Crippen molar-refractivity contribution in [2.45, 2.75) is 25.4 Å². The van der Waals surface area contributed by atoms with E-state index < -0.39 is 0 Å². The molecule has 25 heavy (non-hydrogen) atoms. The van der Waals surface area contributed by atoms with Crippen molar-refractivity contribution in [1.29, 1.82) is 0 Å². The molecule has 4 heterocycles. The second kappa shape index (κ2) is 5.53. The van der Waals surface area contributed by atoms with Crippen molar-refractivity contribution in [2.75, 3.05) is 13.6 Å². The van der Waals surface area contributed by atoms with Gasteiger partial charge >= 0.3 is 0 Å². The van der Waals surface area contributed by atoms with Crippen LogP contribution >= 0.6 is 0 Å². The molecule has 0 fully saturated rings. The van der Waals surface area contributed by atoms with E-state index in [4.69, 9.17) is 0 Å². The van der Waals surface area contributed by atoms with Crippen molar-refractivity contribution in [2.24, 2.45) is 5.92 Å². The Morgan fingerprint density at radius 1 is 1.12 bits per heavy atom. The summed E-state index contributed by atoms with van der Waals surface area (Å²) < 4.78 is 2.29. The van der Waals surface area contributed by atoms with Crippen LogP contribution in [0.5, 0.6) is 0 Å². The summed E-state index contributed by atoms with van der Waals surface area (Å²) in [5.41, 5.74) is 5.23. The number of hydrogen-bond donors (Lipinski definition) is 0. The molecular formula is C21H21N3O. The average molecular weight is 331 g/mol. The van der Waals surface area contributed by atoms with E-state index in [1.807, 2.05) is 24.5 Å². The van der Waals surface area contributed by atoms with Crippen molar-refractivity contribution >= 4 is 16.7 Å². The Morgan fingerprint density at radius 3 is 2.76 bits per heavy atom. The van der Waals surface area contributed by atoms with Gasteiger partial charge in [0.2, 0.25) is 0 Å². The van der Waals surface area contributed by atoms with Gasteiger partial charge in [-0.1, -0.05) is 18.2 Å². The zero-order chi connectivity index (χ0) is 17.0. The van der Waals surface area contributed by atoms with Crippen LogP contribution in [0.25, 0.3) is 10.9 Å². The number of rotatable bonds is 2. The summed E-state index contributed by atoms with van der Waals surface area (Å²) in [6.45, 7) is 2.42. The van der Waals surface area contributed by atoms with Crippen molar-refractivity contribution in [3.05, 3.63) is 65.6 Å². The second-order valence-electron chi connectivity index (χ2n) is 7.40. The van der Waals surface area contributed by atoms with Gasteiger partial charge in [-0.3, -0.25) is 9.78 Å². The molecule has 2 aliphatic rings. The van der Waals surface area contributed by atoms with E-state index in [0.29, 0.717) is 12.3 Å². The summed E-state index contributed by atoms with van der Waals surface area (Å²) in [6, 6.07) is 12.6. The highest BCUT2D eigenvalue weighted by Crippen LogP contribution is 2.43. The molecule has 4 heteroatoms. The van der Waals surface area contributed by atoms with Crippen LogP contribution in [0.3, 0.4) is 0 Å². The Kier molecular flexibility index (Phi) is 3.28. The first-order valence-corrected chi connectivity index (χ1v) is 8.92. The third-order valence-corrected chi connectivity index (χ3v) is 5.83. The third kappa shape index (κ3) is 2.24. The Bertz CT molecular complexity index is 960. The standard InChI is InChI=1S/C21H21N3O/c1-23-11-17-15-4-2-3-5-19(15)24-13-20(25)16(18(12-23)21(17)24)10-14-6-8-22-9-7-14/h2-9,16,18H,10-13H2,1H3. The zero-order valence-corrected chi connectivity index (χ0v) is 14.4. The summed E-state index contributed by atoms with van der Waals surface area (Å²) in [4.78, 5) is 19.5. The highest BCUT2D eigenvalue weighted by atomic mass is 16.1. The molecule has 0 saturated carbocycles. The lowest BCUT2D eigenvalue weighted by atomic mass is 9.76. The fraction of sp³-hybridized carbons (Fsp3) is 0.333. The van der Waals surface area contributed by atoms with Crippen LogP contribution in [0.2, 0.25) is 0 Å². The van der Waals surface area contributed by atoms with E-state index in [2.05, 4.69) is 45.8 Å². The normalized spacial score (nSPS) is 23.0. The molecule has 126 valence electrons. The largest absolute Gasteiger partial charge is 0.336 e. The number of ketones is 1. The quantitative estimate of drug-likeness (QED) is 0.724.